The Kier molecular flexibility index (Phi) is 1.11. The van der Waals surface area contributed by atoms with Crippen molar-refractivity contribution in [1.82, 2.24) is 4.98 Å². The van der Waals surface area contributed by atoms with Crippen molar-refractivity contribution in [2.24, 2.45) is 0 Å². The molecule has 0 aliphatic heterocycles. The molecule has 2 rings (SSSR count). The Morgan fingerprint density at radius 2 is 2.40 bits per heavy atom. The second-order valence-electron chi connectivity index (χ2n) is 2.04. The second kappa shape index (κ2) is 1.95. The van der Waals surface area contributed by atoms with Crippen LogP contribution >= 0.6 is 12.2 Å². The first kappa shape index (κ1) is 5.68. The predicted molar refractivity (Wildman–Crippen MR) is 41.4 cm³/mol. The Labute approximate surface area is 62.5 Å². The van der Waals surface area contributed by atoms with Crippen LogP contribution in [0, 0.1) is 4.64 Å². The number of fused-ring (bicyclic) bond motifs is 1. The van der Waals surface area contributed by atoms with Gasteiger partial charge in [0.15, 0.2) is 0 Å². The van der Waals surface area contributed by atoms with Gasteiger partial charge < -0.3 is 9.40 Å². The highest BCUT2D eigenvalue weighted by Gasteiger charge is 1.92. The molecular formula is C7H5NOS. The third-order valence-electron chi connectivity index (χ3n) is 1.36. The van der Waals surface area contributed by atoms with Crippen LogP contribution in [0.25, 0.3) is 11.0 Å². The van der Waals surface area contributed by atoms with Gasteiger partial charge in [0.2, 0.25) is 0 Å². The third kappa shape index (κ3) is 0.752. The van der Waals surface area contributed by atoms with E-state index < -0.39 is 0 Å². The molecule has 0 spiro atoms. The molecule has 0 aliphatic carbocycles. The normalized spacial score (nSPS) is 10.4. The molecule has 0 aliphatic rings. The molecule has 0 radical (unpaired) electrons. The van der Waals surface area contributed by atoms with Gasteiger partial charge in [-0.15, -0.1) is 0 Å². The Hall–Kier alpha value is -1.09. The van der Waals surface area contributed by atoms with Crippen molar-refractivity contribution in [2.75, 3.05) is 0 Å². The molecule has 0 fully saturated rings. The van der Waals surface area contributed by atoms with Gasteiger partial charge in [0, 0.05) is 11.6 Å². The maximum atomic E-state index is 5.10. The second-order valence-corrected chi connectivity index (χ2v) is 2.48. The van der Waals surface area contributed by atoms with E-state index in [0.29, 0.717) is 0 Å². The summed E-state index contributed by atoms with van der Waals surface area (Å²) in [7, 11) is 0. The molecule has 0 aromatic carbocycles. The SMILES string of the molecule is S=c1cc2ccoc2c[nH]1. The minimum atomic E-state index is 0.730. The number of aromatic nitrogens is 1. The number of pyridine rings is 1. The van der Waals surface area contributed by atoms with E-state index in [1.165, 1.54) is 0 Å². The Bertz CT molecular complexity index is 401. The molecule has 2 aromatic heterocycles. The van der Waals surface area contributed by atoms with Crippen LogP contribution in [-0.2, 0) is 0 Å². The van der Waals surface area contributed by atoms with Gasteiger partial charge in [-0.1, -0.05) is 12.2 Å². The van der Waals surface area contributed by atoms with Crippen LogP contribution in [0.2, 0.25) is 0 Å². The van der Waals surface area contributed by atoms with Crippen LogP contribution in [0.3, 0.4) is 0 Å². The zero-order valence-electron chi connectivity index (χ0n) is 5.13. The highest BCUT2D eigenvalue weighted by molar-refractivity contribution is 7.71. The van der Waals surface area contributed by atoms with Crippen molar-refractivity contribution in [3.05, 3.63) is 29.2 Å². The minimum Gasteiger partial charge on any atom is -0.463 e. The molecule has 3 heteroatoms. The fourth-order valence-electron chi connectivity index (χ4n) is 0.887. The average Bonchev–Trinajstić information content (AvgIpc) is 2.33. The van der Waals surface area contributed by atoms with Gasteiger partial charge in [-0.3, -0.25) is 0 Å². The summed E-state index contributed by atoms with van der Waals surface area (Å²) in [5, 5.41) is 1.05. The number of nitrogens with one attached hydrogen (secondary N) is 1. The van der Waals surface area contributed by atoms with E-state index in [9.17, 15) is 0 Å². The Balaban J connectivity index is 2.99. The summed E-state index contributed by atoms with van der Waals surface area (Å²) in [5.74, 6) is 0. The van der Waals surface area contributed by atoms with Gasteiger partial charge in [0.25, 0.3) is 0 Å². The lowest BCUT2D eigenvalue weighted by molar-refractivity contribution is 0.614. The monoisotopic (exact) mass is 151 g/mol. The van der Waals surface area contributed by atoms with Gasteiger partial charge in [-0.25, -0.2) is 0 Å². The maximum Gasteiger partial charge on any atom is 0.149 e. The topological polar surface area (TPSA) is 28.9 Å². The van der Waals surface area contributed by atoms with Crippen LogP contribution in [0.4, 0.5) is 0 Å². The molecule has 0 saturated carbocycles. The maximum absolute atomic E-state index is 5.10. The third-order valence-corrected chi connectivity index (χ3v) is 1.59. The molecule has 2 heterocycles. The molecule has 2 aromatic rings. The van der Waals surface area contributed by atoms with E-state index >= 15 is 0 Å². The fraction of sp³-hybridized carbons (Fsp3) is 0. The average molecular weight is 151 g/mol. The number of rotatable bonds is 0. The number of hydrogen-bond donors (Lipinski definition) is 1. The predicted octanol–water partition coefficient (Wildman–Crippen LogP) is 2.49. The number of furan rings is 1. The minimum absolute atomic E-state index is 0.730. The van der Waals surface area contributed by atoms with Crippen molar-refractivity contribution in [3.8, 4) is 0 Å². The number of H-pyrrole nitrogens is 1. The van der Waals surface area contributed by atoms with Crippen LogP contribution in [0.5, 0.6) is 0 Å². The van der Waals surface area contributed by atoms with Gasteiger partial charge in [-0.05, 0) is 12.1 Å². The van der Waals surface area contributed by atoms with E-state index in [2.05, 4.69) is 4.98 Å². The summed E-state index contributed by atoms with van der Waals surface area (Å²) < 4.78 is 5.83. The molecule has 1 N–H and O–H groups in total. The zero-order chi connectivity index (χ0) is 6.97. The largest absolute Gasteiger partial charge is 0.463 e. The van der Waals surface area contributed by atoms with E-state index in [0.717, 1.165) is 15.6 Å². The summed E-state index contributed by atoms with van der Waals surface area (Å²) in [6.07, 6.45) is 3.41. The molecule has 50 valence electrons. The van der Waals surface area contributed by atoms with E-state index in [-0.39, 0.29) is 0 Å². The van der Waals surface area contributed by atoms with E-state index in [4.69, 9.17) is 16.6 Å². The first-order chi connectivity index (χ1) is 4.86. The smallest absolute Gasteiger partial charge is 0.149 e. The van der Waals surface area contributed by atoms with Crippen molar-refractivity contribution in [2.45, 2.75) is 0 Å². The van der Waals surface area contributed by atoms with Crippen molar-refractivity contribution < 1.29 is 4.42 Å². The summed E-state index contributed by atoms with van der Waals surface area (Å²) >= 11 is 4.91. The van der Waals surface area contributed by atoms with Crippen LogP contribution in [0.15, 0.2) is 29.0 Å². The summed E-state index contributed by atoms with van der Waals surface area (Å²) in [5.41, 5.74) is 0.841. The van der Waals surface area contributed by atoms with Crippen molar-refractivity contribution in [3.63, 3.8) is 0 Å². The molecule has 0 amide bonds. The van der Waals surface area contributed by atoms with Gasteiger partial charge in [0.05, 0.1) is 6.26 Å². The van der Waals surface area contributed by atoms with Gasteiger partial charge in [-0.2, -0.15) is 0 Å². The molecular weight excluding hydrogens is 146 g/mol. The van der Waals surface area contributed by atoms with Crippen LogP contribution in [0.1, 0.15) is 0 Å². The number of hydrogen-bond acceptors (Lipinski definition) is 2. The highest BCUT2D eigenvalue weighted by atomic mass is 32.1. The van der Waals surface area contributed by atoms with E-state index in [1.807, 2.05) is 12.1 Å². The molecule has 0 atom stereocenters. The Morgan fingerprint density at radius 3 is 3.30 bits per heavy atom. The van der Waals surface area contributed by atoms with Crippen molar-refractivity contribution in [1.29, 1.82) is 0 Å². The summed E-state index contributed by atoms with van der Waals surface area (Å²) in [6, 6.07) is 3.76. The number of aromatic amines is 1. The lowest BCUT2D eigenvalue weighted by Crippen LogP contribution is -1.69. The van der Waals surface area contributed by atoms with Crippen LogP contribution in [-0.4, -0.2) is 4.98 Å². The standard InChI is InChI=1S/C7H5NOS/c10-7-3-5-1-2-9-6(5)4-8-7/h1-4H,(H,8,10). The molecule has 2 nitrogen and oxygen atoms in total. The van der Waals surface area contributed by atoms with Gasteiger partial charge in [0.1, 0.15) is 10.2 Å². The molecule has 0 unspecified atom stereocenters. The van der Waals surface area contributed by atoms with E-state index in [1.54, 1.807) is 12.5 Å². The van der Waals surface area contributed by atoms with Crippen molar-refractivity contribution >= 4 is 23.2 Å². The molecule has 0 bridgehead atoms. The fourth-order valence-corrected chi connectivity index (χ4v) is 1.07. The Morgan fingerprint density at radius 1 is 1.50 bits per heavy atom. The lowest BCUT2D eigenvalue weighted by atomic mass is 10.3. The highest BCUT2D eigenvalue weighted by Crippen LogP contribution is 2.12. The molecule has 10 heavy (non-hydrogen) atoms. The first-order valence-corrected chi connectivity index (χ1v) is 3.33. The van der Waals surface area contributed by atoms with Gasteiger partial charge >= 0.3 is 0 Å². The summed E-state index contributed by atoms with van der Waals surface area (Å²) in [4.78, 5) is 2.88. The van der Waals surface area contributed by atoms with Crippen LogP contribution < -0.4 is 0 Å². The molecule has 0 saturated heterocycles. The lowest BCUT2D eigenvalue weighted by Gasteiger charge is -1.84. The zero-order valence-corrected chi connectivity index (χ0v) is 5.94. The quantitative estimate of drug-likeness (QED) is 0.586. The summed E-state index contributed by atoms with van der Waals surface area (Å²) in [6.45, 7) is 0. The first-order valence-electron chi connectivity index (χ1n) is 2.92.